The molecule has 0 aliphatic rings. The van der Waals surface area contributed by atoms with Gasteiger partial charge in [0.05, 0.1) is 6.42 Å². The first-order valence-corrected chi connectivity index (χ1v) is 6.01. The summed E-state index contributed by atoms with van der Waals surface area (Å²) in [5, 5.41) is 13.4. The minimum absolute atomic E-state index is 0.0960. The number of carbonyl (C=O) groups is 3. The Balaban J connectivity index is 2.20. The number of nitrogens with one attached hydrogen (secondary N) is 2. The molecule has 3 N–H and O–H groups in total. The molecule has 2 amide bonds. The summed E-state index contributed by atoms with van der Waals surface area (Å²) in [6.07, 6.45) is -0.324. The molecule has 0 aromatic heterocycles. The van der Waals surface area contributed by atoms with Crippen molar-refractivity contribution >= 4 is 17.8 Å². The van der Waals surface area contributed by atoms with Crippen LogP contribution in [-0.4, -0.2) is 36.0 Å². The second-order valence-corrected chi connectivity index (χ2v) is 4.01. The predicted octanol–water partition coefficient (Wildman–Crippen LogP) is 0.537. The topological polar surface area (TPSA) is 95.5 Å². The SMILES string of the molecule is O=C(O)CCC(=O)NCCNC(=O)c1ccc(F)cc1. The van der Waals surface area contributed by atoms with Crippen molar-refractivity contribution in [1.29, 1.82) is 0 Å². The number of carboxylic acid groups (broad SMARTS) is 1. The first-order chi connectivity index (χ1) is 9.49. The lowest BCUT2D eigenvalue weighted by Gasteiger charge is -2.06. The monoisotopic (exact) mass is 282 g/mol. The summed E-state index contributed by atoms with van der Waals surface area (Å²) < 4.78 is 12.7. The van der Waals surface area contributed by atoms with E-state index in [1.807, 2.05) is 0 Å². The van der Waals surface area contributed by atoms with Crippen molar-refractivity contribution in [3.8, 4) is 0 Å². The van der Waals surface area contributed by atoms with Crippen LogP contribution in [0.2, 0.25) is 0 Å². The summed E-state index contributed by atoms with van der Waals surface area (Å²) in [4.78, 5) is 33.0. The van der Waals surface area contributed by atoms with Crippen LogP contribution in [0.3, 0.4) is 0 Å². The van der Waals surface area contributed by atoms with Crippen LogP contribution in [0.4, 0.5) is 4.39 Å². The van der Waals surface area contributed by atoms with Gasteiger partial charge < -0.3 is 15.7 Å². The van der Waals surface area contributed by atoms with Gasteiger partial charge in [0.15, 0.2) is 0 Å². The largest absolute Gasteiger partial charge is 0.481 e. The molecule has 0 bridgehead atoms. The highest BCUT2D eigenvalue weighted by Crippen LogP contribution is 2.01. The average Bonchev–Trinajstić information content (AvgIpc) is 2.42. The molecular weight excluding hydrogens is 267 g/mol. The van der Waals surface area contributed by atoms with Gasteiger partial charge in [-0.3, -0.25) is 14.4 Å². The average molecular weight is 282 g/mol. The third kappa shape index (κ3) is 5.94. The Labute approximate surface area is 115 Å². The number of aliphatic carboxylic acids is 1. The van der Waals surface area contributed by atoms with Gasteiger partial charge >= 0.3 is 5.97 Å². The van der Waals surface area contributed by atoms with Gasteiger partial charge in [-0.15, -0.1) is 0 Å². The van der Waals surface area contributed by atoms with Gasteiger partial charge in [0.2, 0.25) is 5.91 Å². The van der Waals surface area contributed by atoms with E-state index in [0.29, 0.717) is 5.56 Å². The Bertz CT molecular complexity index is 488. The van der Waals surface area contributed by atoms with Crippen molar-refractivity contribution in [3.63, 3.8) is 0 Å². The lowest BCUT2D eigenvalue weighted by molar-refractivity contribution is -0.138. The van der Waals surface area contributed by atoms with Crippen LogP contribution in [0.15, 0.2) is 24.3 Å². The summed E-state index contributed by atoms with van der Waals surface area (Å²) in [5.74, 6) is -2.22. The van der Waals surface area contributed by atoms with Gasteiger partial charge in [0.25, 0.3) is 5.91 Å². The minimum atomic E-state index is -1.04. The molecule has 0 heterocycles. The lowest BCUT2D eigenvalue weighted by Crippen LogP contribution is -2.34. The number of rotatable bonds is 7. The number of hydrogen-bond acceptors (Lipinski definition) is 3. The molecule has 0 fully saturated rings. The van der Waals surface area contributed by atoms with Gasteiger partial charge in [-0.05, 0) is 24.3 Å². The van der Waals surface area contributed by atoms with E-state index in [4.69, 9.17) is 5.11 Å². The van der Waals surface area contributed by atoms with Crippen LogP contribution in [-0.2, 0) is 9.59 Å². The summed E-state index contributed by atoms with van der Waals surface area (Å²) >= 11 is 0. The van der Waals surface area contributed by atoms with E-state index >= 15 is 0 Å². The predicted molar refractivity (Wildman–Crippen MR) is 68.6 cm³/mol. The van der Waals surface area contributed by atoms with Crippen LogP contribution < -0.4 is 10.6 Å². The highest BCUT2D eigenvalue weighted by atomic mass is 19.1. The van der Waals surface area contributed by atoms with Crippen LogP contribution in [0.5, 0.6) is 0 Å². The Morgan fingerprint density at radius 1 is 1.00 bits per heavy atom. The van der Waals surface area contributed by atoms with E-state index < -0.39 is 11.8 Å². The molecule has 0 aliphatic carbocycles. The van der Waals surface area contributed by atoms with Crippen LogP contribution in [0.25, 0.3) is 0 Å². The Morgan fingerprint density at radius 3 is 2.20 bits per heavy atom. The summed E-state index contributed by atoms with van der Waals surface area (Å²) in [7, 11) is 0. The van der Waals surface area contributed by atoms with Gasteiger partial charge in [-0.2, -0.15) is 0 Å². The number of carboxylic acids is 1. The summed E-state index contributed by atoms with van der Waals surface area (Å²) in [6.45, 7) is 0.403. The third-order valence-corrected chi connectivity index (χ3v) is 2.41. The molecule has 0 saturated carbocycles. The van der Waals surface area contributed by atoms with E-state index in [1.54, 1.807) is 0 Å². The number of hydrogen-bond donors (Lipinski definition) is 3. The summed E-state index contributed by atoms with van der Waals surface area (Å²) in [5.41, 5.74) is 0.323. The zero-order valence-electron chi connectivity index (χ0n) is 10.7. The molecule has 0 spiro atoms. The van der Waals surface area contributed by atoms with E-state index in [0.717, 1.165) is 0 Å². The fraction of sp³-hybridized carbons (Fsp3) is 0.308. The first-order valence-electron chi connectivity index (χ1n) is 6.01. The molecule has 20 heavy (non-hydrogen) atoms. The zero-order chi connectivity index (χ0) is 15.0. The number of benzene rings is 1. The van der Waals surface area contributed by atoms with Gasteiger partial charge in [-0.1, -0.05) is 0 Å². The van der Waals surface area contributed by atoms with Crippen molar-refractivity contribution in [1.82, 2.24) is 10.6 Å². The van der Waals surface area contributed by atoms with Crippen LogP contribution >= 0.6 is 0 Å². The maximum Gasteiger partial charge on any atom is 0.303 e. The van der Waals surface area contributed by atoms with Gasteiger partial charge in [0, 0.05) is 25.1 Å². The van der Waals surface area contributed by atoms with Crippen LogP contribution in [0, 0.1) is 5.82 Å². The van der Waals surface area contributed by atoms with Crippen LogP contribution in [0.1, 0.15) is 23.2 Å². The second-order valence-electron chi connectivity index (χ2n) is 4.01. The molecule has 1 rings (SSSR count). The highest BCUT2D eigenvalue weighted by Gasteiger charge is 2.06. The maximum atomic E-state index is 12.7. The van der Waals surface area contributed by atoms with E-state index in [-0.39, 0.29) is 37.7 Å². The van der Waals surface area contributed by atoms with Gasteiger partial charge in [0.1, 0.15) is 5.82 Å². The van der Waals surface area contributed by atoms with E-state index in [9.17, 15) is 18.8 Å². The molecule has 0 unspecified atom stereocenters. The molecule has 1 aromatic rings. The normalized spacial score (nSPS) is 9.85. The summed E-state index contributed by atoms with van der Waals surface area (Å²) in [6, 6.07) is 5.08. The molecule has 7 heteroatoms. The standard InChI is InChI=1S/C13H15FN2O4/c14-10-3-1-9(2-4-10)13(20)16-8-7-15-11(17)5-6-12(18)19/h1-4H,5-8H2,(H,15,17)(H,16,20)(H,18,19). The van der Waals surface area contributed by atoms with Crippen molar-refractivity contribution in [3.05, 3.63) is 35.6 Å². The maximum absolute atomic E-state index is 12.7. The molecule has 6 nitrogen and oxygen atoms in total. The van der Waals surface area contributed by atoms with Gasteiger partial charge in [-0.25, -0.2) is 4.39 Å². The Morgan fingerprint density at radius 2 is 1.60 bits per heavy atom. The Hall–Kier alpha value is -2.44. The fourth-order valence-electron chi connectivity index (χ4n) is 1.39. The molecule has 0 aliphatic heterocycles. The lowest BCUT2D eigenvalue weighted by atomic mass is 10.2. The van der Waals surface area contributed by atoms with E-state index in [1.165, 1.54) is 24.3 Å². The van der Waals surface area contributed by atoms with Crippen molar-refractivity contribution in [2.75, 3.05) is 13.1 Å². The zero-order valence-corrected chi connectivity index (χ0v) is 10.7. The molecule has 0 atom stereocenters. The first kappa shape index (κ1) is 15.6. The quantitative estimate of drug-likeness (QED) is 0.636. The molecule has 1 aromatic carbocycles. The third-order valence-electron chi connectivity index (χ3n) is 2.41. The van der Waals surface area contributed by atoms with Crippen molar-refractivity contribution in [2.45, 2.75) is 12.8 Å². The molecule has 0 saturated heterocycles. The second kappa shape index (κ2) is 7.88. The molecule has 108 valence electrons. The van der Waals surface area contributed by atoms with Crippen molar-refractivity contribution < 1.29 is 23.9 Å². The minimum Gasteiger partial charge on any atom is -0.481 e. The van der Waals surface area contributed by atoms with Crippen molar-refractivity contribution in [2.24, 2.45) is 0 Å². The number of carbonyl (C=O) groups excluding carboxylic acids is 2. The molecular formula is C13H15FN2O4. The smallest absolute Gasteiger partial charge is 0.303 e. The highest BCUT2D eigenvalue weighted by molar-refractivity contribution is 5.94. The number of amides is 2. The fourth-order valence-corrected chi connectivity index (χ4v) is 1.39. The molecule has 0 radical (unpaired) electrons. The Kier molecular flexibility index (Phi) is 6.15. The van der Waals surface area contributed by atoms with E-state index in [2.05, 4.69) is 10.6 Å². The number of halogens is 1.